The van der Waals surface area contributed by atoms with Crippen LogP contribution in [0.3, 0.4) is 0 Å². The molecular formula is C22H27F3N6O5S. The van der Waals surface area contributed by atoms with Crippen LogP contribution in [0.1, 0.15) is 60.8 Å². The largest absolute Gasteiger partial charge is 0.453 e. The smallest absolute Gasteiger partial charge is 0.409 e. The first kappa shape index (κ1) is 25.7. The summed E-state index contributed by atoms with van der Waals surface area (Å²) < 4.78 is 51.2. The number of hydrogen-bond donors (Lipinski definition) is 3. The highest BCUT2D eigenvalue weighted by atomic mass is 32.1. The van der Waals surface area contributed by atoms with Crippen LogP contribution < -0.4 is 10.6 Å². The summed E-state index contributed by atoms with van der Waals surface area (Å²) in [5, 5.41) is 19.1. The molecule has 3 amide bonds. The van der Waals surface area contributed by atoms with E-state index in [1.807, 2.05) is 0 Å². The van der Waals surface area contributed by atoms with Gasteiger partial charge in [0.05, 0.1) is 24.3 Å². The maximum Gasteiger partial charge on any atom is 0.409 e. The maximum absolute atomic E-state index is 13.6. The summed E-state index contributed by atoms with van der Waals surface area (Å²) in [6, 6.07) is -0.535. The van der Waals surface area contributed by atoms with E-state index >= 15 is 0 Å². The average Bonchev–Trinajstić information content (AvgIpc) is 3.33. The van der Waals surface area contributed by atoms with E-state index in [9.17, 15) is 27.9 Å². The van der Waals surface area contributed by atoms with Gasteiger partial charge in [0.15, 0.2) is 11.0 Å². The summed E-state index contributed by atoms with van der Waals surface area (Å²) >= 11 is 1.22. The highest BCUT2D eigenvalue weighted by Gasteiger charge is 2.67. The molecule has 202 valence electrons. The first-order valence-corrected chi connectivity index (χ1v) is 12.6. The quantitative estimate of drug-likeness (QED) is 0.521. The van der Waals surface area contributed by atoms with Gasteiger partial charge < -0.3 is 24.6 Å². The molecule has 2 bridgehead atoms. The molecule has 1 saturated carbocycles. The Morgan fingerprint density at radius 3 is 2.62 bits per heavy atom. The third-order valence-electron chi connectivity index (χ3n) is 7.12. The number of nitrogens with zero attached hydrogens (tertiary/aromatic N) is 4. The molecular weight excluding hydrogens is 517 g/mol. The summed E-state index contributed by atoms with van der Waals surface area (Å²) in [6.45, 7) is 3.65. The number of likely N-dealkylation sites (tertiary alicyclic amines) is 1. The highest BCUT2D eigenvalue weighted by molar-refractivity contribution is 7.16. The van der Waals surface area contributed by atoms with Crippen LogP contribution in [0, 0.1) is 5.92 Å². The molecule has 0 spiro atoms. The number of carbonyl (C=O) groups excluding carboxylic acids is 2. The summed E-state index contributed by atoms with van der Waals surface area (Å²) in [6.07, 6.45) is -4.73. The Balaban J connectivity index is 1.42. The molecule has 1 aliphatic heterocycles. The Bertz CT molecular complexity index is 1200. The van der Waals surface area contributed by atoms with Crippen LogP contribution in [0.15, 0.2) is 4.52 Å². The van der Waals surface area contributed by atoms with Gasteiger partial charge in [-0.15, -0.1) is 11.3 Å². The number of halogens is 3. The van der Waals surface area contributed by atoms with Crippen molar-refractivity contribution in [1.82, 2.24) is 25.3 Å². The van der Waals surface area contributed by atoms with E-state index in [0.717, 1.165) is 10.6 Å². The predicted molar refractivity (Wildman–Crippen MR) is 123 cm³/mol. The zero-order valence-corrected chi connectivity index (χ0v) is 21.2. The third kappa shape index (κ3) is 4.74. The van der Waals surface area contributed by atoms with Crippen molar-refractivity contribution in [3.63, 3.8) is 0 Å². The van der Waals surface area contributed by atoms with Crippen molar-refractivity contribution in [3.8, 4) is 0 Å². The van der Waals surface area contributed by atoms with Gasteiger partial charge in [0.1, 0.15) is 5.41 Å². The van der Waals surface area contributed by atoms with Gasteiger partial charge in [-0.3, -0.25) is 5.32 Å². The Kier molecular flexibility index (Phi) is 6.13. The number of carbonyl (C=O) groups is 2. The van der Waals surface area contributed by atoms with Gasteiger partial charge >= 0.3 is 18.3 Å². The molecule has 3 atom stereocenters. The van der Waals surface area contributed by atoms with E-state index in [2.05, 4.69) is 25.8 Å². The van der Waals surface area contributed by atoms with Gasteiger partial charge in [0.25, 0.3) is 0 Å². The molecule has 2 aromatic heterocycles. The number of anilines is 1. The molecule has 5 rings (SSSR count). The average molecular weight is 545 g/mol. The molecule has 2 aromatic rings. The molecule has 2 fully saturated rings. The van der Waals surface area contributed by atoms with Gasteiger partial charge in [-0.1, -0.05) is 5.16 Å². The Labute approximate surface area is 213 Å². The van der Waals surface area contributed by atoms with Crippen molar-refractivity contribution in [2.45, 2.75) is 62.1 Å². The zero-order chi connectivity index (χ0) is 26.8. The van der Waals surface area contributed by atoms with Crippen LogP contribution in [0.2, 0.25) is 0 Å². The minimum Gasteiger partial charge on any atom is -0.453 e. The Morgan fingerprint density at radius 2 is 2.00 bits per heavy atom. The van der Waals surface area contributed by atoms with Crippen LogP contribution in [0.25, 0.3) is 0 Å². The number of aliphatic hydroxyl groups is 1. The number of piperidine rings is 1. The van der Waals surface area contributed by atoms with E-state index in [1.54, 1.807) is 18.7 Å². The lowest BCUT2D eigenvalue weighted by molar-refractivity contribution is -0.162. The van der Waals surface area contributed by atoms with Crippen molar-refractivity contribution < 1.29 is 37.1 Å². The number of urea groups is 1. The van der Waals surface area contributed by atoms with E-state index in [-0.39, 0.29) is 56.0 Å². The molecule has 0 aromatic carbocycles. The second kappa shape index (κ2) is 8.82. The molecule has 15 heteroatoms. The summed E-state index contributed by atoms with van der Waals surface area (Å²) in [4.78, 5) is 35.7. The fourth-order valence-corrected chi connectivity index (χ4v) is 6.23. The number of fused-ring (bicyclic) bond motifs is 4. The molecule has 3 heterocycles. The first-order chi connectivity index (χ1) is 17.3. The fourth-order valence-electron chi connectivity index (χ4n) is 5.10. The van der Waals surface area contributed by atoms with Crippen molar-refractivity contribution in [3.05, 3.63) is 22.3 Å². The predicted octanol–water partition coefficient (Wildman–Crippen LogP) is 3.13. The molecule has 0 radical (unpaired) electrons. The lowest BCUT2D eigenvalue weighted by Crippen LogP contribution is -2.49. The molecule has 37 heavy (non-hydrogen) atoms. The second-order valence-electron chi connectivity index (χ2n) is 10.5. The van der Waals surface area contributed by atoms with Gasteiger partial charge in [0.2, 0.25) is 5.89 Å². The number of aromatic nitrogens is 3. The topological polar surface area (TPSA) is 143 Å². The minimum absolute atomic E-state index is 0.0314. The van der Waals surface area contributed by atoms with Crippen LogP contribution in [-0.4, -0.2) is 75.8 Å². The maximum atomic E-state index is 13.6. The number of methoxy groups -OCH3 is 1. The Hall–Kier alpha value is -2.94. The summed E-state index contributed by atoms with van der Waals surface area (Å²) in [5.74, 6) is -1.29. The second-order valence-corrected chi connectivity index (χ2v) is 11.5. The first-order valence-electron chi connectivity index (χ1n) is 11.8. The highest BCUT2D eigenvalue weighted by Crippen LogP contribution is 2.58. The number of rotatable bonds is 5. The number of alkyl halides is 3. The van der Waals surface area contributed by atoms with Crippen LogP contribution >= 0.6 is 11.3 Å². The normalized spacial score (nSPS) is 24.3. The van der Waals surface area contributed by atoms with Crippen LogP contribution in [0.4, 0.5) is 27.9 Å². The van der Waals surface area contributed by atoms with E-state index < -0.39 is 35.2 Å². The van der Waals surface area contributed by atoms with Crippen molar-refractivity contribution in [2.75, 3.05) is 32.1 Å². The number of nitrogens with one attached hydrogen (secondary N) is 2. The van der Waals surface area contributed by atoms with Crippen molar-refractivity contribution >= 4 is 28.6 Å². The van der Waals surface area contributed by atoms with Gasteiger partial charge in [-0.25, -0.2) is 14.6 Å². The molecule has 11 nitrogen and oxygen atoms in total. The molecule has 1 saturated heterocycles. The van der Waals surface area contributed by atoms with Gasteiger partial charge in [0, 0.05) is 30.4 Å². The number of thiazole rings is 1. The number of amides is 3. The van der Waals surface area contributed by atoms with Crippen LogP contribution in [0.5, 0.6) is 0 Å². The van der Waals surface area contributed by atoms with E-state index in [4.69, 9.17) is 9.26 Å². The lowest BCUT2D eigenvalue weighted by atomic mass is 9.70. The van der Waals surface area contributed by atoms with E-state index in [1.165, 1.54) is 18.4 Å². The third-order valence-corrected chi connectivity index (χ3v) is 8.26. The lowest BCUT2D eigenvalue weighted by Gasteiger charge is -2.44. The minimum atomic E-state index is -4.46. The van der Waals surface area contributed by atoms with Gasteiger partial charge in [-0.2, -0.15) is 18.2 Å². The molecule has 3 aliphatic rings. The monoisotopic (exact) mass is 544 g/mol. The van der Waals surface area contributed by atoms with Gasteiger partial charge in [-0.05, 0) is 39.0 Å². The standard InChI is InChI=1S/C22H27F3N6O5S/c1-20(2,34)9-26-17(32)29-18-27-12-6-10-7-31(19(33)35-3)8-11(14(12)37-18)13(10)15-28-16(30-36-15)21(4-5-21)22(23,24)25/h10-11,13,34H,4-9H2,1-3H3,(H2,26,27,29,32). The zero-order valence-electron chi connectivity index (χ0n) is 20.4. The fraction of sp³-hybridized carbons (Fsp3) is 0.682. The van der Waals surface area contributed by atoms with Crippen LogP contribution in [-0.2, 0) is 16.6 Å². The Morgan fingerprint density at radius 1 is 1.27 bits per heavy atom. The SMILES string of the molecule is COC(=O)N1CC2Cc3nc(NC(=O)NCC(C)(C)O)sc3C(C1)C2c1nc(C2(C(F)(F)F)CC2)no1. The molecule has 3 N–H and O–H groups in total. The van der Waals surface area contributed by atoms with Crippen molar-refractivity contribution in [2.24, 2.45) is 5.92 Å². The van der Waals surface area contributed by atoms with Crippen molar-refractivity contribution in [1.29, 1.82) is 0 Å². The van der Waals surface area contributed by atoms with E-state index in [0.29, 0.717) is 11.6 Å². The number of hydrogen-bond acceptors (Lipinski definition) is 9. The number of ether oxygens (including phenoxy) is 1. The molecule has 2 aliphatic carbocycles. The summed E-state index contributed by atoms with van der Waals surface area (Å²) in [5.41, 5.74) is -2.40. The molecule has 3 unspecified atom stereocenters. The summed E-state index contributed by atoms with van der Waals surface area (Å²) in [7, 11) is 1.28.